The van der Waals surface area contributed by atoms with Gasteiger partial charge in [-0.15, -0.1) is 0 Å². The molecule has 0 aromatic carbocycles. The van der Waals surface area contributed by atoms with E-state index in [0.717, 1.165) is 36.5 Å². The highest BCUT2D eigenvalue weighted by molar-refractivity contribution is 5.81. The number of nitrogens with zero attached hydrogens (tertiary/aromatic N) is 1. The third-order valence-electron chi connectivity index (χ3n) is 11.6. The van der Waals surface area contributed by atoms with Gasteiger partial charge >= 0.3 is 0 Å². The van der Waals surface area contributed by atoms with Crippen LogP contribution in [-0.4, -0.2) is 48.8 Å². The molecule has 2 unspecified atom stereocenters. The van der Waals surface area contributed by atoms with Gasteiger partial charge < -0.3 is 21.1 Å². The summed E-state index contributed by atoms with van der Waals surface area (Å²) < 4.78 is 0. The number of fused-ring (bicyclic) bond motifs is 5. The van der Waals surface area contributed by atoms with Gasteiger partial charge in [-0.3, -0.25) is 4.79 Å². The minimum absolute atomic E-state index is 0.0403. The maximum Gasteiger partial charge on any atom is 0.225 e. The summed E-state index contributed by atoms with van der Waals surface area (Å²) in [6.45, 7) is 12.8. The molecule has 37 heavy (non-hydrogen) atoms. The number of nitrogens with two attached hydrogens (primary N) is 1. The molecule has 4 aliphatic rings. The molecule has 1 amide bonds. The van der Waals surface area contributed by atoms with Gasteiger partial charge in [0, 0.05) is 17.9 Å². The highest BCUT2D eigenvalue weighted by Crippen LogP contribution is 2.68. The Morgan fingerprint density at radius 3 is 2.57 bits per heavy atom. The Balaban J connectivity index is 1.54. The molecule has 0 aromatic heterocycles. The largest absolute Gasteiger partial charge is 0.393 e. The van der Waals surface area contributed by atoms with Crippen molar-refractivity contribution in [2.24, 2.45) is 58.0 Å². The van der Waals surface area contributed by atoms with Crippen LogP contribution in [0.4, 0.5) is 0 Å². The fourth-order valence-electron chi connectivity index (χ4n) is 9.86. The molecule has 10 atom stereocenters. The van der Waals surface area contributed by atoms with Crippen LogP contribution in [-0.2, 0) is 4.79 Å². The van der Waals surface area contributed by atoms with Crippen molar-refractivity contribution in [1.29, 1.82) is 0 Å². The average molecular weight is 516 g/mol. The maximum absolute atomic E-state index is 13.7. The number of amides is 1. The highest BCUT2D eigenvalue weighted by Gasteiger charge is 2.62. The molecule has 0 aliphatic heterocycles. The maximum atomic E-state index is 13.7. The summed E-state index contributed by atoms with van der Waals surface area (Å²) in [5.41, 5.74) is 7.89. The second-order valence-electron chi connectivity index (χ2n) is 14.7. The van der Waals surface area contributed by atoms with E-state index in [1.54, 1.807) is 0 Å². The molecule has 0 bridgehead atoms. The molecule has 4 rings (SSSR count). The Labute approximate surface area is 227 Å². The third-order valence-corrected chi connectivity index (χ3v) is 11.6. The fourth-order valence-corrected chi connectivity index (χ4v) is 9.86. The summed E-state index contributed by atoms with van der Waals surface area (Å²) in [5.74, 6) is 4.20. The van der Waals surface area contributed by atoms with Crippen molar-refractivity contribution in [3.8, 4) is 0 Å². The minimum atomic E-state index is -0.437. The topological polar surface area (TPSA) is 78.6 Å². The molecule has 4 N–H and O–H groups in total. The second-order valence-corrected chi connectivity index (χ2v) is 14.7. The van der Waals surface area contributed by atoms with Crippen LogP contribution >= 0.6 is 0 Å². The first kappa shape index (κ1) is 29.1. The van der Waals surface area contributed by atoms with Crippen molar-refractivity contribution >= 4 is 5.91 Å². The smallest absolute Gasteiger partial charge is 0.225 e. The molecule has 0 radical (unpaired) electrons. The van der Waals surface area contributed by atoms with E-state index in [0.29, 0.717) is 30.2 Å². The standard InChI is InChI=1S/C32H57N3O2/c1-20(2)9-8-10-21(3)25-13-14-26-24-12-11-22-17-23(36)18-28(30(37)34-29(33)19-35(6)7)32(22,5)27(24)15-16-31(25,26)4/h11,20-21,23-29,36H,8-10,12-19,33H2,1-7H3,(H,34,37)/t21-,23-,24+,25-,26+,27+,28?,29?,31-,32-/m1/s1. The predicted octanol–water partition coefficient (Wildman–Crippen LogP) is 5.58. The Morgan fingerprint density at radius 1 is 1.16 bits per heavy atom. The Morgan fingerprint density at radius 2 is 1.89 bits per heavy atom. The number of likely N-dealkylation sites (N-methyl/N-ethyl adjacent to an activating group) is 1. The average Bonchev–Trinajstić information content (AvgIpc) is 3.15. The Kier molecular flexibility index (Phi) is 8.88. The lowest BCUT2D eigenvalue weighted by molar-refractivity contribution is -0.139. The molecular weight excluding hydrogens is 458 g/mol. The number of allylic oxidation sites excluding steroid dienone is 1. The van der Waals surface area contributed by atoms with Crippen LogP contribution in [0.1, 0.15) is 98.8 Å². The van der Waals surface area contributed by atoms with Crippen LogP contribution < -0.4 is 11.1 Å². The first-order valence-electron chi connectivity index (χ1n) is 15.5. The lowest BCUT2D eigenvalue weighted by Crippen LogP contribution is -2.59. The van der Waals surface area contributed by atoms with Crippen LogP contribution in [0.3, 0.4) is 0 Å². The zero-order chi connectivity index (χ0) is 27.1. The predicted molar refractivity (Wildman–Crippen MR) is 153 cm³/mol. The number of hydrogen-bond acceptors (Lipinski definition) is 4. The van der Waals surface area contributed by atoms with Crippen molar-refractivity contribution in [3.63, 3.8) is 0 Å². The molecule has 5 nitrogen and oxygen atoms in total. The lowest BCUT2D eigenvalue weighted by Gasteiger charge is -2.60. The van der Waals surface area contributed by atoms with Crippen molar-refractivity contribution < 1.29 is 9.90 Å². The van der Waals surface area contributed by atoms with Crippen LogP contribution in [0, 0.1) is 52.3 Å². The van der Waals surface area contributed by atoms with E-state index in [1.807, 2.05) is 19.0 Å². The van der Waals surface area contributed by atoms with Gasteiger partial charge in [0.15, 0.2) is 0 Å². The summed E-state index contributed by atoms with van der Waals surface area (Å²) in [5, 5.41) is 13.9. The number of aliphatic hydroxyl groups is 1. The van der Waals surface area contributed by atoms with E-state index in [9.17, 15) is 9.90 Å². The fraction of sp³-hybridized carbons (Fsp3) is 0.906. The van der Waals surface area contributed by atoms with Gasteiger partial charge in [0.25, 0.3) is 0 Å². The summed E-state index contributed by atoms with van der Waals surface area (Å²) in [6.07, 6.45) is 13.3. The van der Waals surface area contributed by atoms with E-state index >= 15 is 0 Å². The first-order valence-corrected chi connectivity index (χ1v) is 15.5. The van der Waals surface area contributed by atoms with Gasteiger partial charge in [0.2, 0.25) is 5.91 Å². The van der Waals surface area contributed by atoms with E-state index in [1.165, 1.54) is 50.5 Å². The van der Waals surface area contributed by atoms with Crippen LogP contribution in [0.25, 0.3) is 0 Å². The number of rotatable bonds is 9. The Hall–Kier alpha value is -0.910. The molecule has 0 spiro atoms. The SMILES string of the molecule is CC(C)CCC[C@@H](C)[C@H]1CC[C@H]2[C@@H]3CC=C4C[C@@H](O)CC(C(=O)NC(N)CN(C)C)[C@@]4(C)[C@H]3CC[C@]12C. The molecule has 0 saturated heterocycles. The molecule has 0 aromatic rings. The summed E-state index contributed by atoms with van der Waals surface area (Å²) >= 11 is 0. The summed E-state index contributed by atoms with van der Waals surface area (Å²) in [6, 6.07) is 0. The van der Waals surface area contributed by atoms with Gasteiger partial charge in [-0.05, 0) is 100.0 Å². The molecular formula is C32H57N3O2. The number of carbonyl (C=O) groups excluding carboxylic acids is 1. The quantitative estimate of drug-likeness (QED) is 0.277. The van der Waals surface area contributed by atoms with Crippen molar-refractivity contribution in [3.05, 3.63) is 11.6 Å². The van der Waals surface area contributed by atoms with Gasteiger partial charge in [0.05, 0.1) is 12.3 Å². The molecule has 3 saturated carbocycles. The van der Waals surface area contributed by atoms with E-state index in [-0.39, 0.29) is 23.4 Å². The van der Waals surface area contributed by atoms with E-state index < -0.39 is 6.10 Å². The van der Waals surface area contributed by atoms with Crippen LogP contribution in [0.2, 0.25) is 0 Å². The monoisotopic (exact) mass is 515 g/mol. The summed E-state index contributed by atoms with van der Waals surface area (Å²) in [4.78, 5) is 15.7. The number of hydrogen-bond donors (Lipinski definition) is 3. The number of nitrogens with one attached hydrogen (secondary N) is 1. The molecule has 3 fully saturated rings. The molecule has 0 heterocycles. The Bertz CT molecular complexity index is 840. The van der Waals surface area contributed by atoms with Gasteiger partial charge in [-0.1, -0.05) is 65.5 Å². The normalized spacial score (nSPS) is 41.0. The van der Waals surface area contributed by atoms with Crippen molar-refractivity contribution in [2.75, 3.05) is 20.6 Å². The second kappa shape index (κ2) is 11.3. The molecule has 5 heteroatoms. The highest BCUT2D eigenvalue weighted by atomic mass is 16.3. The van der Waals surface area contributed by atoms with Crippen molar-refractivity contribution in [2.45, 2.75) is 111 Å². The summed E-state index contributed by atoms with van der Waals surface area (Å²) in [7, 11) is 3.95. The molecule has 212 valence electrons. The lowest BCUT2D eigenvalue weighted by atomic mass is 9.44. The molecule has 4 aliphatic carbocycles. The first-order chi connectivity index (χ1) is 17.4. The zero-order valence-corrected chi connectivity index (χ0v) is 24.9. The van der Waals surface area contributed by atoms with E-state index in [4.69, 9.17) is 5.73 Å². The van der Waals surface area contributed by atoms with Gasteiger partial charge in [-0.25, -0.2) is 0 Å². The van der Waals surface area contributed by atoms with Gasteiger partial charge in [-0.2, -0.15) is 0 Å². The number of aliphatic hydroxyl groups excluding tert-OH is 1. The minimum Gasteiger partial charge on any atom is -0.393 e. The zero-order valence-electron chi connectivity index (χ0n) is 24.9. The van der Waals surface area contributed by atoms with Crippen molar-refractivity contribution in [1.82, 2.24) is 10.2 Å². The van der Waals surface area contributed by atoms with Crippen LogP contribution in [0.5, 0.6) is 0 Å². The van der Waals surface area contributed by atoms with E-state index in [2.05, 4.69) is 46.0 Å². The van der Waals surface area contributed by atoms with Crippen LogP contribution in [0.15, 0.2) is 11.6 Å². The number of carbonyl (C=O) groups is 1. The van der Waals surface area contributed by atoms with Gasteiger partial charge in [0.1, 0.15) is 0 Å². The third kappa shape index (κ3) is 5.57.